The van der Waals surface area contributed by atoms with E-state index in [2.05, 4.69) is 19.0 Å². The van der Waals surface area contributed by atoms with Crippen LogP contribution in [0.2, 0.25) is 0 Å². The third-order valence-electron chi connectivity index (χ3n) is 3.31. The van der Waals surface area contributed by atoms with E-state index in [1.54, 1.807) is 0 Å². The summed E-state index contributed by atoms with van der Waals surface area (Å²) >= 11 is 0. The molecule has 1 N–H and O–H groups in total. The van der Waals surface area contributed by atoms with Crippen LogP contribution in [0, 0.1) is 0 Å². The predicted octanol–water partition coefficient (Wildman–Crippen LogP) is 3.38. The molecule has 2 rings (SSSR count). The van der Waals surface area contributed by atoms with Gasteiger partial charge in [0.1, 0.15) is 5.75 Å². The standard InChI is InChI=1S/C14H19NO2/c1-3-10(2)17-14-9-5-6-11-12(14)7-4-8-13(11)15-16/h5-6,9-10,16H,3-4,7-8H2,1-2H3. The third-order valence-corrected chi connectivity index (χ3v) is 3.31. The highest BCUT2D eigenvalue weighted by atomic mass is 16.5. The van der Waals surface area contributed by atoms with Crippen LogP contribution in [-0.4, -0.2) is 17.0 Å². The summed E-state index contributed by atoms with van der Waals surface area (Å²) in [6, 6.07) is 5.98. The van der Waals surface area contributed by atoms with Crippen molar-refractivity contribution in [2.75, 3.05) is 0 Å². The van der Waals surface area contributed by atoms with Gasteiger partial charge in [-0.1, -0.05) is 24.2 Å². The Hall–Kier alpha value is -1.51. The van der Waals surface area contributed by atoms with Gasteiger partial charge in [0.2, 0.25) is 0 Å². The number of oxime groups is 1. The monoisotopic (exact) mass is 233 g/mol. The van der Waals surface area contributed by atoms with Crippen molar-refractivity contribution in [1.29, 1.82) is 0 Å². The molecule has 0 saturated heterocycles. The number of rotatable bonds is 3. The first-order valence-electron chi connectivity index (χ1n) is 6.26. The van der Waals surface area contributed by atoms with Crippen molar-refractivity contribution in [3.05, 3.63) is 29.3 Å². The number of benzene rings is 1. The van der Waals surface area contributed by atoms with Gasteiger partial charge in [0, 0.05) is 11.1 Å². The fourth-order valence-corrected chi connectivity index (χ4v) is 2.18. The molecule has 3 nitrogen and oxygen atoms in total. The molecule has 3 heteroatoms. The maximum Gasteiger partial charge on any atom is 0.123 e. The summed E-state index contributed by atoms with van der Waals surface area (Å²) in [6.07, 6.45) is 4.08. The molecule has 0 aliphatic heterocycles. The summed E-state index contributed by atoms with van der Waals surface area (Å²) in [7, 11) is 0. The second-order valence-electron chi connectivity index (χ2n) is 4.52. The molecule has 0 fully saturated rings. The zero-order chi connectivity index (χ0) is 12.3. The molecule has 92 valence electrons. The van der Waals surface area contributed by atoms with Gasteiger partial charge >= 0.3 is 0 Å². The van der Waals surface area contributed by atoms with Crippen molar-refractivity contribution in [2.45, 2.75) is 45.6 Å². The fourth-order valence-electron chi connectivity index (χ4n) is 2.18. The second-order valence-corrected chi connectivity index (χ2v) is 4.52. The highest BCUT2D eigenvalue weighted by Crippen LogP contribution is 2.30. The Morgan fingerprint density at radius 3 is 2.94 bits per heavy atom. The van der Waals surface area contributed by atoms with E-state index in [4.69, 9.17) is 9.94 Å². The first-order valence-corrected chi connectivity index (χ1v) is 6.26. The Bertz CT molecular complexity index is 426. The van der Waals surface area contributed by atoms with E-state index in [-0.39, 0.29) is 6.10 Å². The Balaban J connectivity index is 2.36. The lowest BCUT2D eigenvalue weighted by atomic mass is 9.89. The first kappa shape index (κ1) is 12.0. The second kappa shape index (κ2) is 5.21. The number of fused-ring (bicyclic) bond motifs is 1. The molecule has 0 bridgehead atoms. The van der Waals surface area contributed by atoms with E-state index in [0.717, 1.165) is 42.7 Å². The van der Waals surface area contributed by atoms with Crippen molar-refractivity contribution in [3.63, 3.8) is 0 Å². The molecule has 0 amide bonds. The molecule has 1 aromatic carbocycles. The molecule has 1 aromatic rings. The minimum atomic E-state index is 0.220. The Morgan fingerprint density at radius 2 is 2.24 bits per heavy atom. The molecule has 0 radical (unpaired) electrons. The fraction of sp³-hybridized carbons (Fsp3) is 0.500. The highest BCUT2D eigenvalue weighted by molar-refractivity contribution is 6.02. The molecular weight excluding hydrogens is 214 g/mol. The van der Waals surface area contributed by atoms with Crippen LogP contribution in [0.15, 0.2) is 23.4 Å². The zero-order valence-corrected chi connectivity index (χ0v) is 10.4. The van der Waals surface area contributed by atoms with Crippen LogP contribution in [-0.2, 0) is 6.42 Å². The Morgan fingerprint density at radius 1 is 1.41 bits per heavy atom. The predicted molar refractivity (Wildman–Crippen MR) is 68.1 cm³/mol. The van der Waals surface area contributed by atoms with E-state index in [1.807, 2.05) is 18.2 Å². The van der Waals surface area contributed by atoms with Crippen LogP contribution < -0.4 is 4.74 Å². The van der Waals surface area contributed by atoms with Crippen LogP contribution in [0.5, 0.6) is 5.75 Å². The van der Waals surface area contributed by atoms with Crippen molar-refractivity contribution in [1.82, 2.24) is 0 Å². The molecule has 0 aromatic heterocycles. The van der Waals surface area contributed by atoms with Crippen molar-refractivity contribution in [2.24, 2.45) is 5.16 Å². The van der Waals surface area contributed by atoms with Crippen LogP contribution >= 0.6 is 0 Å². The van der Waals surface area contributed by atoms with Gasteiger partial charge < -0.3 is 9.94 Å². The summed E-state index contributed by atoms with van der Waals surface area (Å²) in [5.41, 5.74) is 3.01. The molecule has 0 saturated carbocycles. The molecule has 1 aliphatic rings. The summed E-state index contributed by atoms with van der Waals surface area (Å²) < 4.78 is 5.92. The number of nitrogens with zero attached hydrogens (tertiary/aromatic N) is 1. The first-order chi connectivity index (χ1) is 8.26. The minimum Gasteiger partial charge on any atom is -0.490 e. The molecule has 0 spiro atoms. The lowest BCUT2D eigenvalue weighted by Crippen LogP contribution is -2.16. The average molecular weight is 233 g/mol. The summed E-state index contributed by atoms with van der Waals surface area (Å²) in [6.45, 7) is 4.18. The largest absolute Gasteiger partial charge is 0.490 e. The number of hydrogen-bond donors (Lipinski definition) is 1. The topological polar surface area (TPSA) is 41.8 Å². The van der Waals surface area contributed by atoms with E-state index in [0.29, 0.717) is 0 Å². The molecule has 1 aliphatic carbocycles. The van der Waals surface area contributed by atoms with Gasteiger partial charge in [-0.15, -0.1) is 0 Å². The van der Waals surface area contributed by atoms with Crippen LogP contribution in [0.25, 0.3) is 0 Å². The Labute approximate surface area is 102 Å². The normalized spacial score (nSPS) is 18.8. The van der Waals surface area contributed by atoms with E-state index >= 15 is 0 Å². The smallest absolute Gasteiger partial charge is 0.123 e. The quantitative estimate of drug-likeness (QED) is 0.642. The summed E-state index contributed by atoms with van der Waals surface area (Å²) in [4.78, 5) is 0. The maximum absolute atomic E-state index is 9.00. The zero-order valence-electron chi connectivity index (χ0n) is 10.4. The SMILES string of the molecule is CCC(C)Oc1cccc2c1CCCC2=NO. The van der Waals surface area contributed by atoms with E-state index in [9.17, 15) is 0 Å². The van der Waals surface area contributed by atoms with Crippen molar-refractivity contribution < 1.29 is 9.94 Å². The molecular formula is C14H19NO2. The van der Waals surface area contributed by atoms with Gasteiger partial charge in [0.05, 0.1) is 11.8 Å². The summed E-state index contributed by atoms with van der Waals surface area (Å²) in [5, 5.41) is 12.4. The van der Waals surface area contributed by atoms with Gasteiger partial charge in [-0.3, -0.25) is 0 Å². The van der Waals surface area contributed by atoms with Crippen molar-refractivity contribution >= 4 is 5.71 Å². The van der Waals surface area contributed by atoms with Crippen LogP contribution in [0.4, 0.5) is 0 Å². The number of ether oxygens (including phenoxy) is 1. The van der Waals surface area contributed by atoms with Gasteiger partial charge in [-0.2, -0.15) is 0 Å². The van der Waals surface area contributed by atoms with Crippen LogP contribution in [0.3, 0.4) is 0 Å². The van der Waals surface area contributed by atoms with Gasteiger partial charge in [-0.25, -0.2) is 0 Å². The third kappa shape index (κ3) is 2.43. The molecule has 0 heterocycles. The van der Waals surface area contributed by atoms with E-state index < -0.39 is 0 Å². The highest BCUT2D eigenvalue weighted by Gasteiger charge is 2.20. The van der Waals surface area contributed by atoms with Gasteiger partial charge in [-0.05, 0) is 38.7 Å². The van der Waals surface area contributed by atoms with Gasteiger partial charge in [0.15, 0.2) is 0 Å². The van der Waals surface area contributed by atoms with Crippen LogP contribution in [0.1, 0.15) is 44.2 Å². The average Bonchev–Trinajstić information content (AvgIpc) is 2.38. The molecule has 1 atom stereocenters. The number of hydrogen-bond acceptors (Lipinski definition) is 3. The molecule has 1 unspecified atom stereocenters. The minimum absolute atomic E-state index is 0.220. The van der Waals surface area contributed by atoms with Crippen molar-refractivity contribution in [3.8, 4) is 5.75 Å². The summed E-state index contributed by atoms with van der Waals surface area (Å²) in [5.74, 6) is 0.942. The molecule has 17 heavy (non-hydrogen) atoms. The van der Waals surface area contributed by atoms with E-state index in [1.165, 1.54) is 5.56 Å². The maximum atomic E-state index is 9.00. The lowest BCUT2D eigenvalue weighted by Gasteiger charge is -2.22. The van der Waals surface area contributed by atoms with Gasteiger partial charge in [0.25, 0.3) is 0 Å². The lowest BCUT2D eigenvalue weighted by molar-refractivity contribution is 0.215. The Kier molecular flexibility index (Phi) is 3.67.